The van der Waals surface area contributed by atoms with Crippen LogP contribution in [0.25, 0.3) is 0 Å². The van der Waals surface area contributed by atoms with E-state index in [9.17, 15) is 0 Å². The summed E-state index contributed by atoms with van der Waals surface area (Å²) in [5.41, 5.74) is 6.97. The van der Waals surface area contributed by atoms with Crippen molar-refractivity contribution in [3.8, 4) is 0 Å². The van der Waals surface area contributed by atoms with Crippen molar-refractivity contribution in [2.75, 3.05) is 0 Å². The maximum atomic E-state index is 6.04. The summed E-state index contributed by atoms with van der Waals surface area (Å²) in [7, 11) is 0. The quantitative estimate of drug-likeness (QED) is 0.875. The highest BCUT2D eigenvalue weighted by Gasteiger charge is 2.16. The first-order chi connectivity index (χ1) is 7.79. The van der Waals surface area contributed by atoms with E-state index < -0.39 is 0 Å². The van der Waals surface area contributed by atoms with E-state index in [4.69, 9.17) is 17.3 Å². The molecule has 0 heterocycles. The molecule has 0 radical (unpaired) electrons. The average molecular weight is 256 g/mol. The van der Waals surface area contributed by atoms with E-state index in [2.05, 4.69) is 6.07 Å². The van der Waals surface area contributed by atoms with Crippen LogP contribution in [0, 0.1) is 0 Å². The van der Waals surface area contributed by atoms with Crippen LogP contribution in [0.5, 0.6) is 0 Å². The third-order valence-electron chi connectivity index (χ3n) is 3.09. The highest BCUT2D eigenvalue weighted by atomic mass is 35.5. The van der Waals surface area contributed by atoms with Crippen molar-refractivity contribution < 1.29 is 0 Å². The van der Waals surface area contributed by atoms with E-state index in [1.165, 1.54) is 42.6 Å². The molecule has 0 unspecified atom stereocenters. The zero-order valence-corrected chi connectivity index (χ0v) is 11.0. The van der Waals surface area contributed by atoms with E-state index in [1.54, 1.807) is 0 Å². The van der Waals surface area contributed by atoms with Crippen LogP contribution in [0.2, 0.25) is 5.02 Å². The van der Waals surface area contributed by atoms with Crippen molar-refractivity contribution in [3.63, 3.8) is 0 Å². The topological polar surface area (TPSA) is 26.0 Å². The van der Waals surface area contributed by atoms with Crippen LogP contribution in [-0.2, 0) is 6.54 Å². The van der Waals surface area contributed by atoms with Gasteiger partial charge in [-0.1, -0.05) is 36.9 Å². The van der Waals surface area contributed by atoms with Gasteiger partial charge in [0.2, 0.25) is 0 Å². The number of nitrogens with two attached hydrogens (primary N) is 1. The second-order valence-electron chi connectivity index (χ2n) is 4.33. The van der Waals surface area contributed by atoms with Gasteiger partial charge in [-0.25, -0.2) is 0 Å². The molecule has 1 aromatic rings. The van der Waals surface area contributed by atoms with Crippen molar-refractivity contribution >= 4 is 23.4 Å². The minimum atomic E-state index is 0.603. The Morgan fingerprint density at radius 3 is 2.69 bits per heavy atom. The fourth-order valence-corrected chi connectivity index (χ4v) is 3.83. The maximum absolute atomic E-state index is 6.04. The van der Waals surface area contributed by atoms with Crippen molar-refractivity contribution in [3.05, 3.63) is 28.8 Å². The standard InChI is InChI=1S/C13H18ClNS/c14-11-7-6-10(9-15)13(8-11)16-12-4-2-1-3-5-12/h6-8,12H,1-5,9,15H2. The normalized spacial score (nSPS) is 17.6. The first-order valence-corrected chi connectivity index (χ1v) is 7.20. The Bertz CT molecular complexity index is 348. The molecule has 0 spiro atoms. The van der Waals surface area contributed by atoms with Crippen molar-refractivity contribution in [2.45, 2.75) is 48.8 Å². The molecular weight excluding hydrogens is 238 g/mol. The molecule has 0 aromatic heterocycles. The van der Waals surface area contributed by atoms with Crippen LogP contribution >= 0.6 is 23.4 Å². The van der Waals surface area contributed by atoms with E-state index in [0.29, 0.717) is 6.54 Å². The van der Waals surface area contributed by atoms with Crippen LogP contribution in [0.1, 0.15) is 37.7 Å². The van der Waals surface area contributed by atoms with Gasteiger partial charge in [0.1, 0.15) is 0 Å². The predicted octanol–water partition coefficient (Wildman–Crippen LogP) is 4.22. The monoisotopic (exact) mass is 255 g/mol. The van der Waals surface area contributed by atoms with E-state index in [-0.39, 0.29) is 0 Å². The molecule has 0 aliphatic heterocycles. The van der Waals surface area contributed by atoms with Gasteiger partial charge >= 0.3 is 0 Å². The molecule has 1 saturated carbocycles. The smallest absolute Gasteiger partial charge is 0.0417 e. The molecule has 1 aliphatic rings. The highest BCUT2D eigenvalue weighted by molar-refractivity contribution is 8.00. The molecule has 0 amide bonds. The number of benzene rings is 1. The maximum Gasteiger partial charge on any atom is 0.0417 e. The van der Waals surface area contributed by atoms with Crippen LogP contribution in [0.3, 0.4) is 0 Å². The molecule has 88 valence electrons. The summed E-state index contributed by atoms with van der Waals surface area (Å²) in [5, 5.41) is 1.58. The lowest BCUT2D eigenvalue weighted by atomic mass is 10.0. The highest BCUT2D eigenvalue weighted by Crippen LogP contribution is 2.36. The van der Waals surface area contributed by atoms with Crippen LogP contribution in [0.15, 0.2) is 23.1 Å². The summed E-state index contributed by atoms with van der Waals surface area (Å²) < 4.78 is 0. The fourth-order valence-electron chi connectivity index (χ4n) is 2.17. The van der Waals surface area contributed by atoms with E-state index in [0.717, 1.165) is 10.3 Å². The number of halogens is 1. The van der Waals surface area contributed by atoms with Crippen molar-refractivity contribution in [2.24, 2.45) is 5.73 Å². The van der Waals surface area contributed by atoms with Gasteiger partial charge < -0.3 is 5.73 Å². The minimum absolute atomic E-state index is 0.603. The molecule has 1 fully saturated rings. The number of hydrogen-bond acceptors (Lipinski definition) is 2. The first kappa shape index (κ1) is 12.3. The predicted molar refractivity (Wildman–Crippen MR) is 72.1 cm³/mol. The lowest BCUT2D eigenvalue weighted by Gasteiger charge is -2.22. The van der Waals surface area contributed by atoms with Crippen molar-refractivity contribution in [1.29, 1.82) is 0 Å². The van der Waals surface area contributed by atoms with Crippen molar-refractivity contribution in [1.82, 2.24) is 0 Å². The average Bonchev–Trinajstić information content (AvgIpc) is 2.31. The van der Waals surface area contributed by atoms with Crippen LogP contribution < -0.4 is 5.73 Å². The second kappa shape index (κ2) is 5.95. The molecule has 16 heavy (non-hydrogen) atoms. The summed E-state index contributed by atoms with van der Waals surface area (Å²) in [5.74, 6) is 0. The fraction of sp³-hybridized carbons (Fsp3) is 0.538. The SMILES string of the molecule is NCc1ccc(Cl)cc1SC1CCCCC1. The lowest BCUT2D eigenvalue weighted by Crippen LogP contribution is -2.09. The molecule has 0 bridgehead atoms. The largest absolute Gasteiger partial charge is 0.326 e. The molecule has 2 rings (SSSR count). The summed E-state index contributed by atoms with van der Waals surface area (Å²) in [6.45, 7) is 0.603. The van der Waals surface area contributed by atoms with Gasteiger partial charge in [0, 0.05) is 21.7 Å². The zero-order chi connectivity index (χ0) is 11.4. The van der Waals surface area contributed by atoms with Gasteiger partial charge in [-0.05, 0) is 30.5 Å². The first-order valence-electron chi connectivity index (χ1n) is 5.95. The van der Waals surface area contributed by atoms with E-state index >= 15 is 0 Å². The molecule has 0 saturated heterocycles. The van der Waals surface area contributed by atoms with E-state index in [1.807, 2.05) is 23.9 Å². The number of hydrogen-bond donors (Lipinski definition) is 1. The summed E-state index contributed by atoms with van der Waals surface area (Å²) in [4.78, 5) is 1.28. The number of rotatable bonds is 3. The summed E-state index contributed by atoms with van der Waals surface area (Å²) in [6, 6.07) is 6.03. The molecular formula is C13H18ClNS. The van der Waals surface area contributed by atoms with Gasteiger partial charge in [0.25, 0.3) is 0 Å². The molecule has 0 atom stereocenters. The van der Waals surface area contributed by atoms with Crippen LogP contribution in [0.4, 0.5) is 0 Å². The Morgan fingerprint density at radius 2 is 2.00 bits per heavy atom. The molecule has 1 nitrogen and oxygen atoms in total. The van der Waals surface area contributed by atoms with Gasteiger partial charge in [-0.2, -0.15) is 0 Å². The van der Waals surface area contributed by atoms with Gasteiger partial charge in [0.05, 0.1) is 0 Å². The third kappa shape index (κ3) is 3.16. The Hall–Kier alpha value is -0.180. The number of thioether (sulfide) groups is 1. The molecule has 2 N–H and O–H groups in total. The zero-order valence-electron chi connectivity index (χ0n) is 9.42. The Balaban J connectivity index is 2.09. The van der Waals surface area contributed by atoms with Gasteiger partial charge in [-0.15, -0.1) is 11.8 Å². The Morgan fingerprint density at radius 1 is 1.25 bits per heavy atom. The summed E-state index contributed by atoms with van der Waals surface area (Å²) in [6.07, 6.45) is 6.81. The molecule has 1 aliphatic carbocycles. The lowest BCUT2D eigenvalue weighted by molar-refractivity contribution is 0.516. The van der Waals surface area contributed by atoms with Gasteiger partial charge in [0.15, 0.2) is 0 Å². The third-order valence-corrected chi connectivity index (χ3v) is 4.77. The Kier molecular flexibility index (Phi) is 4.56. The minimum Gasteiger partial charge on any atom is -0.326 e. The van der Waals surface area contributed by atoms with Gasteiger partial charge in [-0.3, -0.25) is 0 Å². The molecule has 3 heteroatoms. The van der Waals surface area contributed by atoms with Crippen LogP contribution in [-0.4, -0.2) is 5.25 Å². The molecule has 1 aromatic carbocycles. The second-order valence-corrected chi connectivity index (χ2v) is 6.11. The Labute approximate surface area is 107 Å². The summed E-state index contributed by atoms with van der Waals surface area (Å²) >= 11 is 8.00.